The lowest BCUT2D eigenvalue weighted by Crippen LogP contribution is -2.05. The van der Waals surface area contributed by atoms with Crippen LogP contribution in [0.3, 0.4) is 0 Å². The van der Waals surface area contributed by atoms with E-state index in [9.17, 15) is 10.1 Å². The maximum atomic E-state index is 11.1. The Balaban J connectivity index is 1.62. The molecule has 0 saturated carbocycles. The summed E-state index contributed by atoms with van der Waals surface area (Å²) in [6.07, 6.45) is 0. The van der Waals surface area contributed by atoms with E-state index in [-0.39, 0.29) is 12.3 Å². The molecule has 0 unspecified atom stereocenters. The third-order valence-electron chi connectivity index (χ3n) is 4.92. The minimum absolute atomic E-state index is 0.0387. The molecule has 0 aliphatic carbocycles. The van der Waals surface area contributed by atoms with E-state index >= 15 is 0 Å². The summed E-state index contributed by atoms with van der Waals surface area (Å²) in [5.74, 6) is 0.711. The second kappa shape index (κ2) is 9.25. The zero-order valence-corrected chi connectivity index (χ0v) is 17.9. The molecule has 0 radical (unpaired) electrons. The number of rotatable bonds is 7. The van der Waals surface area contributed by atoms with Crippen molar-refractivity contribution in [2.45, 2.75) is 13.2 Å². The summed E-state index contributed by atoms with van der Waals surface area (Å²) >= 11 is 12.3. The van der Waals surface area contributed by atoms with Crippen molar-refractivity contribution in [3.05, 3.63) is 110 Å². The van der Waals surface area contributed by atoms with Gasteiger partial charge < -0.3 is 10.1 Å². The SMILES string of the molecule is O=[N+]([O-])c1cccc(NCc2c(OCc3ccc(Cl)cc3Cl)ccc3ccccc23)c1. The van der Waals surface area contributed by atoms with Gasteiger partial charge in [0.1, 0.15) is 12.4 Å². The van der Waals surface area contributed by atoms with Crippen LogP contribution in [0.15, 0.2) is 78.9 Å². The predicted molar refractivity (Wildman–Crippen MR) is 125 cm³/mol. The Hall–Kier alpha value is -3.28. The summed E-state index contributed by atoms with van der Waals surface area (Å²) < 4.78 is 6.13. The van der Waals surface area contributed by atoms with Gasteiger partial charge in [-0.2, -0.15) is 0 Å². The highest BCUT2D eigenvalue weighted by Crippen LogP contribution is 2.31. The summed E-state index contributed by atoms with van der Waals surface area (Å²) in [5, 5.41) is 17.6. The first-order chi connectivity index (χ1) is 15.0. The average molecular weight is 453 g/mol. The van der Waals surface area contributed by atoms with E-state index in [2.05, 4.69) is 5.32 Å². The van der Waals surface area contributed by atoms with Crippen LogP contribution in [0.1, 0.15) is 11.1 Å². The Morgan fingerprint density at radius 3 is 2.58 bits per heavy atom. The quantitative estimate of drug-likeness (QED) is 0.237. The van der Waals surface area contributed by atoms with Crippen molar-refractivity contribution in [1.29, 1.82) is 0 Å². The van der Waals surface area contributed by atoms with Gasteiger partial charge in [0.25, 0.3) is 5.69 Å². The van der Waals surface area contributed by atoms with Crippen molar-refractivity contribution >= 4 is 45.3 Å². The molecule has 4 aromatic rings. The van der Waals surface area contributed by atoms with E-state index < -0.39 is 4.92 Å². The van der Waals surface area contributed by atoms with E-state index in [1.807, 2.05) is 42.5 Å². The van der Waals surface area contributed by atoms with Crippen molar-refractivity contribution in [2.24, 2.45) is 0 Å². The smallest absolute Gasteiger partial charge is 0.271 e. The number of hydrogen-bond donors (Lipinski definition) is 1. The van der Waals surface area contributed by atoms with Crippen molar-refractivity contribution in [3.8, 4) is 5.75 Å². The molecule has 7 heteroatoms. The van der Waals surface area contributed by atoms with Gasteiger partial charge in [-0.3, -0.25) is 10.1 Å². The Kier molecular flexibility index (Phi) is 6.26. The first kappa shape index (κ1) is 21.0. The normalized spacial score (nSPS) is 10.8. The van der Waals surface area contributed by atoms with Gasteiger partial charge in [-0.05, 0) is 35.0 Å². The Morgan fingerprint density at radius 2 is 1.77 bits per heavy atom. The zero-order valence-electron chi connectivity index (χ0n) is 16.3. The van der Waals surface area contributed by atoms with Crippen LogP contribution in [0, 0.1) is 10.1 Å². The fraction of sp³-hybridized carbons (Fsp3) is 0.0833. The van der Waals surface area contributed by atoms with Crippen LogP contribution in [0.4, 0.5) is 11.4 Å². The van der Waals surface area contributed by atoms with Crippen LogP contribution < -0.4 is 10.1 Å². The van der Waals surface area contributed by atoms with Gasteiger partial charge in [0.2, 0.25) is 0 Å². The zero-order chi connectivity index (χ0) is 21.8. The van der Waals surface area contributed by atoms with Crippen molar-refractivity contribution in [1.82, 2.24) is 0 Å². The largest absolute Gasteiger partial charge is 0.488 e. The van der Waals surface area contributed by atoms with Gasteiger partial charge in [-0.15, -0.1) is 0 Å². The lowest BCUT2D eigenvalue weighted by molar-refractivity contribution is -0.384. The molecule has 0 saturated heterocycles. The molecule has 0 aliphatic rings. The molecule has 0 spiro atoms. The lowest BCUT2D eigenvalue weighted by Gasteiger charge is -2.16. The van der Waals surface area contributed by atoms with Crippen LogP contribution in [0.25, 0.3) is 10.8 Å². The maximum Gasteiger partial charge on any atom is 0.271 e. The lowest BCUT2D eigenvalue weighted by atomic mass is 10.0. The molecule has 156 valence electrons. The minimum atomic E-state index is -0.409. The van der Waals surface area contributed by atoms with Gasteiger partial charge >= 0.3 is 0 Å². The van der Waals surface area contributed by atoms with Crippen LogP contribution in [0.2, 0.25) is 10.0 Å². The number of nitro benzene ring substituents is 1. The maximum absolute atomic E-state index is 11.1. The first-order valence-corrected chi connectivity index (χ1v) is 10.3. The summed E-state index contributed by atoms with van der Waals surface area (Å²) in [5.41, 5.74) is 2.48. The molecule has 4 aromatic carbocycles. The number of nitro groups is 1. The number of nitrogens with zero attached hydrogens (tertiary/aromatic N) is 1. The number of non-ortho nitro benzene ring substituents is 1. The van der Waals surface area contributed by atoms with E-state index in [1.165, 1.54) is 12.1 Å². The summed E-state index contributed by atoms with van der Waals surface area (Å²) in [6.45, 7) is 0.727. The van der Waals surface area contributed by atoms with Crippen LogP contribution >= 0.6 is 23.2 Å². The standard InChI is InChI=1S/C24H18Cl2N2O3/c25-18-10-8-17(23(26)12-18)15-31-24-11-9-16-4-1-2-7-21(16)22(24)14-27-19-5-3-6-20(13-19)28(29)30/h1-13,27H,14-15H2. The molecule has 0 fully saturated rings. The fourth-order valence-corrected chi connectivity index (χ4v) is 3.81. The number of ether oxygens (including phenoxy) is 1. The molecule has 4 rings (SSSR count). The second-order valence-corrected chi connectivity index (χ2v) is 7.79. The highest BCUT2D eigenvalue weighted by Gasteiger charge is 2.12. The van der Waals surface area contributed by atoms with Gasteiger partial charge in [0, 0.05) is 45.5 Å². The van der Waals surface area contributed by atoms with E-state index in [0.29, 0.717) is 28.0 Å². The molecule has 0 aromatic heterocycles. The fourth-order valence-electron chi connectivity index (χ4n) is 3.35. The average Bonchev–Trinajstić information content (AvgIpc) is 2.77. The van der Waals surface area contributed by atoms with E-state index in [4.69, 9.17) is 27.9 Å². The van der Waals surface area contributed by atoms with E-state index in [0.717, 1.165) is 21.9 Å². The summed E-state index contributed by atoms with van der Waals surface area (Å²) in [4.78, 5) is 10.7. The molecule has 0 amide bonds. The molecule has 0 aliphatic heterocycles. The van der Waals surface area contributed by atoms with Crippen LogP contribution in [-0.2, 0) is 13.2 Å². The molecule has 31 heavy (non-hydrogen) atoms. The van der Waals surface area contributed by atoms with Gasteiger partial charge in [0.15, 0.2) is 0 Å². The highest BCUT2D eigenvalue weighted by atomic mass is 35.5. The Labute approximate surface area is 189 Å². The number of halogens is 2. The molecule has 5 nitrogen and oxygen atoms in total. The molecule has 0 bridgehead atoms. The van der Waals surface area contributed by atoms with Gasteiger partial charge in [0.05, 0.1) is 4.92 Å². The number of benzene rings is 4. The summed E-state index contributed by atoms with van der Waals surface area (Å²) in [6, 6.07) is 23.7. The van der Waals surface area contributed by atoms with Crippen molar-refractivity contribution in [2.75, 3.05) is 5.32 Å². The number of nitrogens with one attached hydrogen (secondary N) is 1. The molecular formula is C24H18Cl2N2O3. The molecular weight excluding hydrogens is 435 g/mol. The molecule has 1 N–H and O–H groups in total. The minimum Gasteiger partial charge on any atom is -0.488 e. The van der Waals surface area contributed by atoms with Crippen molar-refractivity contribution < 1.29 is 9.66 Å². The highest BCUT2D eigenvalue weighted by molar-refractivity contribution is 6.35. The monoisotopic (exact) mass is 452 g/mol. The Bertz CT molecular complexity index is 1260. The van der Waals surface area contributed by atoms with Gasteiger partial charge in [-0.25, -0.2) is 0 Å². The predicted octanol–water partition coefficient (Wildman–Crippen LogP) is 7.25. The first-order valence-electron chi connectivity index (χ1n) is 9.57. The van der Waals surface area contributed by atoms with Crippen LogP contribution in [0.5, 0.6) is 5.75 Å². The summed E-state index contributed by atoms with van der Waals surface area (Å²) in [7, 11) is 0. The molecule has 0 heterocycles. The van der Waals surface area contributed by atoms with Gasteiger partial charge in [-0.1, -0.05) is 65.7 Å². The van der Waals surface area contributed by atoms with Crippen molar-refractivity contribution in [3.63, 3.8) is 0 Å². The third kappa shape index (κ3) is 4.90. The number of fused-ring (bicyclic) bond motifs is 1. The number of anilines is 1. The van der Waals surface area contributed by atoms with E-state index in [1.54, 1.807) is 24.3 Å². The number of hydrogen-bond acceptors (Lipinski definition) is 4. The third-order valence-corrected chi connectivity index (χ3v) is 5.51. The van der Waals surface area contributed by atoms with Crippen LogP contribution in [-0.4, -0.2) is 4.92 Å². The Morgan fingerprint density at radius 1 is 0.935 bits per heavy atom. The molecule has 0 atom stereocenters. The second-order valence-electron chi connectivity index (χ2n) is 6.95. The topological polar surface area (TPSA) is 64.4 Å².